The summed E-state index contributed by atoms with van der Waals surface area (Å²) >= 11 is 0. The van der Waals surface area contributed by atoms with E-state index in [9.17, 15) is 0 Å². The first-order chi connectivity index (χ1) is 7.68. The first kappa shape index (κ1) is 11.9. The van der Waals surface area contributed by atoms with Gasteiger partial charge < -0.3 is 5.32 Å². The maximum absolute atomic E-state index is 9.13. The third-order valence-corrected chi connectivity index (χ3v) is 4.77. The van der Waals surface area contributed by atoms with Crippen LogP contribution in [-0.2, 0) is 0 Å². The van der Waals surface area contributed by atoms with E-state index in [-0.39, 0.29) is 5.92 Å². The molecule has 2 saturated carbocycles. The lowest BCUT2D eigenvalue weighted by molar-refractivity contribution is 0.263. The Morgan fingerprint density at radius 1 is 1.31 bits per heavy atom. The van der Waals surface area contributed by atoms with Gasteiger partial charge in [-0.3, -0.25) is 0 Å². The van der Waals surface area contributed by atoms with Crippen molar-refractivity contribution in [3.05, 3.63) is 0 Å². The molecule has 0 aromatic rings. The number of hydrogen-bond acceptors (Lipinski definition) is 2. The molecular weight excluding hydrogens is 196 g/mol. The Balaban J connectivity index is 1.83. The minimum atomic E-state index is 0.261. The summed E-state index contributed by atoms with van der Waals surface area (Å²) in [5.74, 6) is 1.04. The zero-order valence-electron chi connectivity index (χ0n) is 10.6. The second kappa shape index (κ2) is 4.75. The van der Waals surface area contributed by atoms with Crippen LogP contribution in [0.15, 0.2) is 0 Å². The predicted octanol–water partition coefficient (Wildman–Crippen LogP) is 3.09. The second-order valence-corrected chi connectivity index (χ2v) is 6.02. The van der Waals surface area contributed by atoms with Crippen molar-refractivity contribution in [1.29, 1.82) is 5.26 Å². The van der Waals surface area contributed by atoms with Gasteiger partial charge >= 0.3 is 0 Å². The van der Waals surface area contributed by atoms with Gasteiger partial charge in [0.2, 0.25) is 0 Å². The fraction of sp³-hybridized carbons (Fsp3) is 0.929. The maximum Gasteiger partial charge on any atom is 0.0672 e. The van der Waals surface area contributed by atoms with Crippen LogP contribution in [0.25, 0.3) is 0 Å². The molecule has 2 heteroatoms. The lowest BCUT2D eigenvalue weighted by Gasteiger charge is -2.30. The first-order valence-electron chi connectivity index (χ1n) is 6.81. The van der Waals surface area contributed by atoms with Gasteiger partial charge in [0, 0.05) is 12.6 Å². The number of rotatable bonds is 4. The molecule has 0 radical (unpaired) electrons. The van der Waals surface area contributed by atoms with Crippen molar-refractivity contribution in [2.24, 2.45) is 17.3 Å². The van der Waals surface area contributed by atoms with E-state index in [0.29, 0.717) is 11.5 Å². The molecular formula is C14H24N2. The van der Waals surface area contributed by atoms with Gasteiger partial charge in [-0.15, -0.1) is 0 Å². The van der Waals surface area contributed by atoms with E-state index in [4.69, 9.17) is 5.26 Å². The van der Waals surface area contributed by atoms with Crippen LogP contribution in [0.3, 0.4) is 0 Å². The Morgan fingerprint density at radius 2 is 2.00 bits per heavy atom. The number of nitriles is 1. The highest BCUT2D eigenvalue weighted by Crippen LogP contribution is 2.51. The van der Waals surface area contributed by atoms with E-state index >= 15 is 0 Å². The lowest BCUT2D eigenvalue weighted by Crippen LogP contribution is -2.41. The summed E-state index contributed by atoms with van der Waals surface area (Å²) in [5, 5.41) is 12.8. The standard InChI is InChI=1S/C14H24N2/c1-11(2)14(7-8-14)10-16-13-6-4-3-5-12(13)9-15/h11-13,16H,3-8,10H2,1-2H3. The molecule has 0 amide bonds. The normalized spacial score (nSPS) is 32.4. The third kappa shape index (κ3) is 2.40. The molecule has 2 atom stereocenters. The molecule has 0 saturated heterocycles. The van der Waals surface area contributed by atoms with E-state index in [1.807, 2.05) is 0 Å². The van der Waals surface area contributed by atoms with Crippen LogP contribution in [0.4, 0.5) is 0 Å². The molecule has 16 heavy (non-hydrogen) atoms. The number of nitrogens with one attached hydrogen (secondary N) is 1. The first-order valence-corrected chi connectivity index (χ1v) is 6.81. The van der Waals surface area contributed by atoms with E-state index in [0.717, 1.165) is 18.9 Å². The second-order valence-electron chi connectivity index (χ2n) is 6.02. The van der Waals surface area contributed by atoms with Crippen LogP contribution in [0.5, 0.6) is 0 Å². The Hall–Kier alpha value is -0.550. The molecule has 0 aliphatic heterocycles. The predicted molar refractivity (Wildman–Crippen MR) is 65.9 cm³/mol. The summed E-state index contributed by atoms with van der Waals surface area (Å²) in [6.07, 6.45) is 7.59. The molecule has 0 aromatic carbocycles. The molecule has 2 aliphatic rings. The van der Waals surface area contributed by atoms with Crippen molar-refractivity contribution < 1.29 is 0 Å². The SMILES string of the molecule is CC(C)C1(CNC2CCCCC2C#N)CC1. The van der Waals surface area contributed by atoms with Crippen molar-refractivity contribution >= 4 is 0 Å². The van der Waals surface area contributed by atoms with E-state index in [2.05, 4.69) is 25.2 Å². The molecule has 1 N–H and O–H groups in total. The summed E-state index contributed by atoms with van der Waals surface area (Å²) in [5.41, 5.74) is 0.567. The monoisotopic (exact) mass is 220 g/mol. The van der Waals surface area contributed by atoms with Crippen molar-refractivity contribution in [2.45, 2.75) is 58.4 Å². The maximum atomic E-state index is 9.13. The Kier molecular flexibility index (Phi) is 3.54. The van der Waals surface area contributed by atoms with Gasteiger partial charge in [0.25, 0.3) is 0 Å². The van der Waals surface area contributed by atoms with Gasteiger partial charge in [0.15, 0.2) is 0 Å². The molecule has 0 heterocycles. The van der Waals surface area contributed by atoms with Crippen molar-refractivity contribution in [3.63, 3.8) is 0 Å². The molecule has 2 rings (SSSR count). The largest absolute Gasteiger partial charge is 0.312 e. The molecule has 0 spiro atoms. The van der Waals surface area contributed by atoms with Gasteiger partial charge in [0.1, 0.15) is 0 Å². The summed E-state index contributed by atoms with van der Waals surface area (Å²) < 4.78 is 0. The summed E-state index contributed by atoms with van der Waals surface area (Å²) in [6, 6.07) is 2.94. The van der Waals surface area contributed by atoms with Gasteiger partial charge in [-0.05, 0) is 37.0 Å². The molecule has 0 aromatic heterocycles. The Labute approximate surface area is 99.4 Å². The van der Waals surface area contributed by atoms with Crippen LogP contribution in [-0.4, -0.2) is 12.6 Å². The Morgan fingerprint density at radius 3 is 2.56 bits per heavy atom. The molecule has 2 fully saturated rings. The molecule has 2 nitrogen and oxygen atoms in total. The van der Waals surface area contributed by atoms with Gasteiger partial charge in [-0.2, -0.15) is 5.26 Å². The van der Waals surface area contributed by atoms with Crippen LogP contribution in [0.2, 0.25) is 0 Å². The van der Waals surface area contributed by atoms with Gasteiger partial charge in [-0.1, -0.05) is 26.7 Å². The van der Waals surface area contributed by atoms with Crippen LogP contribution in [0, 0.1) is 28.6 Å². The molecule has 2 aliphatic carbocycles. The van der Waals surface area contributed by atoms with Crippen LogP contribution < -0.4 is 5.32 Å². The fourth-order valence-corrected chi connectivity index (χ4v) is 2.98. The highest BCUT2D eigenvalue weighted by atomic mass is 14.9. The highest BCUT2D eigenvalue weighted by Gasteiger charge is 2.45. The van der Waals surface area contributed by atoms with Crippen molar-refractivity contribution in [3.8, 4) is 6.07 Å². The highest BCUT2D eigenvalue weighted by molar-refractivity contribution is 5.00. The zero-order valence-corrected chi connectivity index (χ0v) is 10.6. The van der Waals surface area contributed by atoms with E-state index in [1.165, 1.54) is 32.1 Å². The molecule has 2 unspecified atom stereocenters. The number of nitrogens with zero attached hydrogens (tertiary/aromatic N) is 1. The van der Waals surface area contributed by atoms with E-state index < -0.39 is 0 Å². The van der Waals surface area contributed by atoms with Gasteiger partial charge in [0.05, 0.1) is 12.0 Å². The minimum absolute atomic E-state index is 0.261. The summed E-state index contributed by atoms with van der Waals surface area (Å²) in [7, 11) is 0. The van der Waals surface area contributed by atoms with Gasteiger partial charge in [-0.25, -0.2) is 0 Å². The lowest BCUT2D eigenvalue weighted by atomic mass is 9.84. The average Bonchev–Trinajstić information content (AvgIpc) is 3.08. The Bertz CT molecular complexity index is 273. The molecule has 90 valence electrons. The van der Waals surface area contributed by atoms with Crippen molar-refractivity contribution in [1.82, 2.24) is 5.32 Å². The number of hydrogen-bond donors (Lipinski definition) is 1. The minimum Gasteiger partial charge on any atom is -0.312 e. The van der Waals surface area contributed by atoms with Crippen LogP contribution in [0.1, 0.15) is 52.4 Å². The van der Waals surface area contributed by atoms with Crippen molar-refractivity contribution in [2.75, 3.05) is 6.54 Å². The average molecular weight is 220 g/mol. The summed E-state index contributed by atoms with van der Waals surface area (Å²) in [4.78, 5) is 0. The topological polar surface area (TPSA) is 35.8 Å². The zero-order chi connectivity index (χ0) is 11.6. The summed E-state index contributed by atoms with van der Waals surface area (Å²) in [6.45, 7) is 5.79. The smallest absolute Gasteiger partial charge is 0.0672 e. The fourth-order valence-electron chi connectivity index (χ4n) is 2.98. The quantitative estimate of drug-likeness (QED) is 0.790. The van der Waals surface area contributed by atoms with Crippen LogP contribution >= 0.6 is 0 Å². The van der Waals surface area contributed by atoms with E-state index in [1.54, 1.807) is 0 Å². The third-order valence-electron chi connectivity index (χ3n) is 4.77. The molecule has 0 bridgehead atoms.